The number of alkyl halides is 3. The molecule has 0 amide bonds. The number of thiophene rings is 1. The zero-order chi connectivity index (χ0) is 19.3. The van der Waals surface area contributed by atoms with Crippen molar-refractivity contribution in [3.05, 3.63) is 52.9 Å². The van der Waals surface area contributed by atoms with Crippen molar-refractivity contribution in [3.63, 3.8) is 0 Å². The van der Waals surface area contributed by atoms with Crippen LogP contribution in [-0.2, 0) is 12.7 Å². The van der Waals surface area contributed by atoms with E-state index in [0.29, 0.717) is 18.5 Å². The number of nitrogens with zero attached hydrogens (tertiary/aromatic N) is 2. The number of halogens is 4. The summed E-state index contributed by atoms with van der Waals surface area (Å²) in [6.45, 7) is 2.41. The molecular weight excluding hydrogens is 500 g/mol. The molecule has 154 valence electrons. The zero-order valence-electron chi connectivity index (χ0n) is 15.5. The van der Waals surface area contributed by atoms with Gasteiger partial charge in [-0.1, -0.05) is 12.1 Å². The number of hydrogen-bond acceptors (Lipinski definition) is 3. The van der Waals surface area contributed by atoms with E-state index in [4.69, 9.17) is 0 Å². The van der Waals surface area contributed by atoms with Crippen molar-refractivity contribution in [1.82, 2.24) is 10.6 Å². The van der Waals surface area contributed by atoms with Gasteiger partial charge in [0, 0.05) is 32.7 Å². The van der Waals surface area contributed by atoms with Crippen molar-refractivity contribution in [2.75, 3.05) is 25.0 Å². The van der Waals surface area contributed by atoms with Crippen LogP contribution in [0.4, 0.5) is 18.2 Å². The van der Waals surface area contributed by atoms with Crippen LogP contribution < -0.4 is 15.5 Å². The SMILES string of the molecule is CN=C(NCc1ccc(C(F)(F)F)cc1)NC1CCN(c2cccs2)CC1.I. The minimum Gasteiger partial charge on any atom is -0.363 e. The van der Waals surface area contributed by atoms with Crippen molar-refractivity contribution in [2.24, 2.45) is 4.99 Å². The number of anilines is 1. The van der Waals surface area contributed by atoms with E-state index in [1.54, 1.807) is 18.4 Å². The van der Waals surface area contributed by atoms with Crippen LogP contribution in [0, 0.1) is 0 Å². The molecule has 4 nitrogen and oxygen atoms in total. The summed E-state index contributed by atoms with van der Waals surface area (Å²) < 4.78 is 37.9. The number of guanidine groups is 1. The lowest BCUT2D eigenvalue weighted by molar-refractivity contribution is -0.137. The van der Waals surface area contributed by atoms with E-state index in [1.807, 2.05) is 0 Å². The van der Waals surface area contributed by atoms with Crippen molar-refractivity contribution >= 4 is 46.3 Å². The number of rotatable bonds is 4. The lowest BCUT2D eigenvalue weighted by Crippen LogP contribution is -2.48. The first kappa shape index (κ1) is 22.8. The van der Waals surface area contributed by atoms with Gasteiger partial charge in [0.2, 0.25) is 0 Å². The second kappa shape index (κ2) is 10.3. The number of benzene rings is 1. The van der Waals surface area contributed by atoms with E-state index in [9.17, 15) is 13.2 Å². The first-order chi connectivity index (χ1) is 13.0. The Morgan fingerprint density at radius 2 is 1.86 bits per heavy atom. The maximum absolute atomic E-state index is 12.6. The normalized spacial score (nSPS) is 15.9. The number of aliphatic imine (C=N–C) groups is 1. The third kappa shape index (κ3) is 6.26. The second-order valence-electron chi connectivity index (χ2n) is 6.48. The highest BCUT2D eigenvalue weighted by Gasteiger charge is 2.29. The highest BCUT2D eigenvalue weighted by atomic mass is 127. The predicted molar refractivity (Wildman–Crippen MR) is 120 cm³/mol. The molecule has 0 bridgehead atoms. The molecule has 28 heavy (non-hydrogen) atoms. The van der Waals surface area contributed by atoms with Crippen molar-refractivity contribution in [1.29, 1.82) is 0 Å². The second-order valence-corrected chi connectivity index (χ2v) is 7.40. The molecule has 9 heteroatoms. The first-order valence-corrected chi connectivity index (χ1v) is 9.75. The zero-order valence-corrected chi connectivity index (χ0v) is 18.6. The van der Waals surface area contributed by atoms with Crippen LogP contribution in [0.3, 0.4) is 0 Å². The quantitative estimate of drug-likeness (QED) is 0.346. The molecule has 0 aliphatic carbocycles. The fourth-order valence-corrected chi connectivity index (χ4v) is 3.86. The van der Waals surface area contributed by atoms with Gasteiger partial charge in [-0.05, 0) is 48.1 Å². The largest absolute Gasteiger partial charge is 0.416 e. The standard InChI is InChI=1S/C19H23F3N4S.HI/c1-23-18(24-13-14-4-6-15(7-5-14)19(20,21)22)25-16-8-10-26(11-9-16)17-3-2-12-27-17;/h2-7,12,16H,8-11,13H2,1H3,(H2,23,24,25);1H. The third-order valence-corrected chi connectivity index (χ3v) is 5.55. The molecule has 0 radical (unpaired) electrons. The van der Waals surface area contributed by atoms with Crippen LogP contribution in [-0.4, -0.2) is 32.1 Å². The Kier molecular flexibility index (Phi) is 8.41. The summed E-state index contributed by atoms with van der Waals surface area (Å²) >= 11 is 1.76. The van der Waals surface area contributed by atoms with Crippen LogP contribution >= 0.6 is 35.3 Å². The van der Waals surface area contributed by atoms with E-state index >= 15 is 0 Å². The molecule has 1 aliphatic heterocycles. The molecule has 0 spiro atoms. The minimum atomic E-state index is -4.30. The number of piperidine rings is 1. The van der Waals surface area contributed by atoms with Crippen LogP contribution in [0.2, 0.25) is 0 Å². The summed E-state index contributed by atoms with van der Waals surface area (Å²) in [6.07, 6.45) is -2.28. The van der Waals surface area contributed by atoms with Crippen LogP contribution in [0.5, 0.6) is 0 Å². The molecule has 2 aromatic rings. The average Bonchev–Trinajstić information content (AvgIpc) is 3.20. The van der Waals surface area contributed by atoms with Crippen molar-refractivity contribution in [2.45, 2.75) is 31.6 Å². The maximum atomic E-state index is 12.6. The molecule has 1 saturated heterocycles. The third-order valence-electron chi connectivity index (χ3n) is 4.62. The Balaban J connectivity index is 0.00000280. The molecule has 1 aromatic heterocycles. The smallest absolute Gasteiger partial charge is 0.363 e. The topological polar surface area (TPSA) is 39.7 Å². The number of hydrogen-bond donors (Lipinski definition) is 2. The molecule has 0 saturated carbocycles. The summed E-state index contributed by atoms with van der Waals surface area (Å²) in [5.74, 6) is 0.671. The molecule has 2 heterocycles. The predicted octanol–water partition coefficient (Wildman–Crippen LogP) is 4.72. The Morgan fingerprint density at radius 3 is 2.39 bits per heavy atom. The van der Waals surface area contributed by atoms with E-state index in [0.717, 1.165) is 43.6 Å². The molecule has 2 N–H and O–H groups in total. The monoisotopic (exact) mass is 524 g/mol. The Labute approximate surface area is 184 Å². The minimum absolute atomic E-state index is 0. The van der Waals surface area contributed by atoms with E-state index in [2.05, 4.69) is 38.0 Å². The Hall–Kier alpha value is -1.49. The molecule has 1 aromatic carbocycles. The van der Waals surface area contributed by atoms with Gasteiger partial charge < -0.3 is 15.5 Å². The fraction of sp³-hybridized carbons (Fsp3) is 0.421. The van der Waals surface area contributed by atoms with Gasteiger partial charge in [0.25, 0.3) is 0 Å². The summed E-state index contributed by atoms with van der Waals surface area (Å²) in [4.78, 5) is 6.62. The molecule has 1 fully saturated rings. The maximum Gasteiger partial charge on any atom is 0.416 e. The van der Waals surface area contributed by atoms with Gasteiger partial charge in [0.1, 0.15) is 0 Å². The van der Waals surface area contributed by atoms with Crippen LogP contribution in [0.15, 0.2) is 46.8 Å². The lowest BCUT2D eigenvalue weighted by Gasteiger charge is -2.33. The lowest BCUT2D eigenvalue weighted by atomic mass is 10.1. The molecule has 0 atom stereocenters. The van der Waals surface area contributed by atoms with Gasteiger partial charge >= 0.3 is 6.18 Å². The van der Waals surface area contributed by atoms with Gasteiger partial charge in [0.05, 0.1) is 10.6 Å². The van der Waals surface area contributed by atoms with Crippen molar-refractivity contribution in [3.8, 4) is 0 Å². The van der Waals surface area contributed by atoms with Gasteiger partial charge in [-0.2, -0.15) is 13.2 Å². The highest BCUT2D eigenvalue weighted by Crippen LogP contribution is 2.29. The fourth-order valence-electron chi connectivity index (χ4n) is 3.08. The number of nitrogens with one attached hydrogen (secondary N) is 2. The van der Waals surface area contributed by atoms with Crippen LogP contribution in [0.1, 0.15) is 24.0 Å². The summed E-state index contributed by atoms with van der Waals surface area (Å²) in [5.41, 5.74) is 0.143. The van der Waals surface area contributed by atoms with E-state index < -0.39 is 11.7 Å². The van der Waals surface area contributed by atoms with Gasteiger partial charge in [-0.25, -0.2) is 0 Å². The van der Waals surface area contributed by atoms with Gasteiger partial charge in [-0.3, -0.25) is 4.99 Å². The molecule has 1 aliphatic rings. The molecule has 3 rings (SSSR count). The Bertz CT molecular complexity index is 740. The summed E-state index contributed by atoms with van der Waals surface area (Å²) in [7, 11) is 1.70. The van der Waals surface area contributed by atoms with Gasteiger partial charge in [0.15, 0.2) is 5.96 Å². The average molecular weight is 524 g/mol. The summed E-state index contributed by atoms with van der Waals surface area (Å²) in [6, 6.07) is 9.73. The van der Waals surface area contributed by atoms with E-state index in [-0.39, 0.29) is 24.0 Å². The Morgan fingerprint density at radius 1 is 1.18 bits per heavy atom. The van der Waals surface area contributed by atoms with Crippen molar-refractivity contribution < 1.29 is 13.2 Å². The van der Waals surface area contributed by atoms with Gasteiger partial charge in [-0.15, -0.1) is 35.3 Å². The summed E-state index contributed by atoms with van der Waals surface area (Å²) in [5, 5.41) is 9.98. The highest BCUT2D eigenvalue weighted by molar-refractivity contribution is 14.0. The van der Waals surface area contributed by atoms with Crippen LogP contribution in [0.25, 0.3) is 0 Å². The first-order valence-electron chi connectivity index (χ1n) is 8.87. The molecular formula is C19H24F3IN4S. The molecule has 0 unspecified atom stereocenters. The van der Waals surface area contributed by atoms with E-state index in [1.165, 1.54) is 17.1 Å².